The maximum Gasteiger partial charge on any atom is 0.205 e. The van der Waals surface area contributed by atoms with E-state index in [2.05, 4.69) is 15.2 Å². The summed E-state index contributed by atoms with van der Waals surface area (Å²) in [6.07, 6.45) is 0. The Morgan fingerprint density at radius 3 is 2.52 bits per heavy atom. The lowest BCUT2D eigenvalue weighted by Gasteiger charge is -2.11. The zero-order chi connectivity index (χ0) is 21.0. The minimum Gasteiger partial charge on any atom is -0.483 e. The summed E-state index contributed by atoms with van der Waals surface area (Å²) in [5.74, 6) is 1.42. The largest absolute Gasteiger partial charge is 0.483 e. The summed E-state index contributed by atoms with van der Waals surface area (Å²) in [6.45, 7) is 0.0757. The molecule has 31 heavy (non-hydrogen) atoms. The van der Waals surface area contributed by atoms with Gasteiger partial charge in [0.2, 0.25) is 5.89 Å². The van der Waals surface area contributed by atoms with E-state index in [1.807, 2.05) is 59.2 Å². The standard InChI is InChI=1S/C23H17FN4O2S/c24-17-10-4-6-12-19(17)29-14-21-26-27-23(28(21)16-8-2-1-3-9-16)31-15-22-25-18-11-5-7-13-20(18)30-22/h1-13H,14-15H2. The second-order valence-corrected chi connectivity index (χ2v) is 7.60. The van der Waals surface area contributed by atoms with Crippen molar-refractivity contribution >= 4 is 22.9 Å². The number of hydrogen-bond acceptors (Lipinski definition) is 6. The Labute approximate surface area is 181 Å². The van der Waals surface area contributed by atoms with E-state index in [0.29, 0.717) is 22.6 Å². The Morgan fingerprint density at radius 2 is 1.68 bits per heavy atom. The first-order valence-corrected chi connectivity index (χ1v) is 10.6. The second kappa shape index (κ2) is 8.61. The molecule has 0 aliphatic carbocycles. The van der Waals surface area contributed by atoms with Crippen molar-refractivity contribution in [3.8, 4) is 11.4 Å². The van der Waals surface area contributed by atoms with Gasteiger partial charge in [-0.25, -0.2) is 9.37 Å². The molecule has 0 aliphatic rings. The van der Waals surface area contributed by atoms with Crippen molar-refractivity contribution in [2.75, 3.05) is 0 Å². The third kappa shape index (κ3) is 4.15. The highest BCUT2D eigenvalue weighted by Crippen LogP contribution is 2.27. The van der Waals surface area contributed by atoms with Gasteiger partial charge in [-0.05, 0) is 36.4 Å². The molecule has 2 heterocycles. The monoisotopic (exact) mass is 432 g/mol. The Morgan fingerprint density at radius 1 is 0.903 bits per heavy atom. The molecule has 3 aromatic carbocycles. The molecule has 0 unspecified atom stereocenters. The molecule has 5 aromatic rings. The average molecular weight is 432 g/mol. The van der Waals surface area contributed by atoms with Crippen LogP contribution in [0.2, 0.25) is 0 Å². The molecule has 0 radical (unpaired) electrons. The van der Waals surface area contributed by atoms with Crippen LogP contribution in [0.1, 0.15) is 11.7 Å². The normalized spacial score (nSPS) is 11.1. The van der Waals surface area contributed by atoms with E-state index in [9.17, 15) is 4.39 Å². The Hall–Kier alpha value is -3.65. The van der Waals surface area contributed by atoms with Crippen molar-refractivity contribution in [3.05, 3.63) is 96.4 Å². The molecule has 5 rings (SSSR count). The van der Waals surface area contributed by atoms with Crippen molar-refractivity contribution in [3.63, 3.8) is 0 Å². The minimum atomic E-state index is -0.418. The van der Waals surface area contributed by atoms with Crippen molar-refractivity contribution in [1.82, 2.24) is 19.7 Å². The fourth-order valence-corrected chi connectivity index (χ4v) is 3.95. The van der Waals surface area contributed by atoms with E-state index in [1.54, 1.807) is 18.2 Å². The first-order valence-electron chi connectivity index (χ1n) is 9.62. The number of para-hydroxylation sites is 4. The molecule has 0 amide bonds. The fourth-order valence-electron chi connectivity index (χ4n) is 3.14. The number of ether oxygens (including phenoxy) is 1. The maximum atomic E-state index is 13.9. The van der Waals surface area contributed by atoms with Crippen LogP contribution in [0.25, 0.3) is 16.8 Å². The van der Waals surface area contributed by atoms with E-state index in [0.717, 1.165) is 16.8 Å². The van der Waals surface area contributed by atoms with Gasteiger partial charge in [0.15, 0.2) is 28.1 Å². The summed E-state index contributed by atoms with van der Waals surface area (Å²) >= 11 is 1.46. The van der Waals surface area contributed by atoms with Gasteiger partial charge in [-0.2, -0.15) is 0 Å². The fraction of sp³-hybridized carbons (Fsp3) is 0.0870. The van der Waals surface area contributed by atoms with Crippen molar-refractivity contribution in [2.24, 2.45) is 0 Å². The number of nitrogens with zero attached hydrogens (tertiary/aromatic N) is 4. The number of benzene rings is 3. The lowest BCUT2D eigenvalue weighted by atomic mass is 10.3. The lowest BCUT2D eigenvalue weighted by molar-refractivity contribution is 0.278. The second-order valence-electron chi connectivity index (χ2n) is 6.65. The van der Waals surface area contributed by atoms with E-state index < -0.39 is 5.82 Å². The molecular weight excluding hydrogens is 415 g/mol. The maximum absolute atomic E-state index is 13.9. The smallest absolute Gasteiger partial charge is 0.205 e. The average Bonchev–Trinajstić information content (AvgIpc) is 3.41. The molecule has 2 aromatic heterocycles. The van der Waals surface area contributed by atoms with E-state index >= 15 is 0 Å². The summed E-state index contributed by atoms with van der Waals surface area (Å²) in [5, 5.41) is 9.28. The molecule has 0 bridgehead atoms. The summed E-state index contributed by atoms with van der Waals surface area (Å²) < 4.78 is 27.3. The Bertz CT molecular complexity index is 1290. The van der Waals surface area contributed by atoms with Gasteiger partial charge in [0.05, 0.1) is 5.75 Å². The van der Waals surface area contributed by atoms with Crippen LogP contribution in [-0.2, 0) is 12.4 Å². The molecule has 0 aliphatic heterocycles. The molecule has 6 nitrogen and oxygen atoms in total. The Kier molecular flexibility index (Phi) is 5.37. The van der Waals surface area contributed by atoms with Crippen LogP contribution in [0.4, 0.5) is 4.39 Å². The molecule has 0 fully saturated rings. The van der Waals surface area contributed by atoms with E-state index in [4.69, 9.17) is 9.15 Å². The van der Waals surface area contributed by atoms with Gasteiger partial charge < -0.3 is 9.15 Å². The predicted molar refractivity (Wildman–Crippen MR) is 116 cm³/mol. The molecule has 0 N–H and O–H groups in total. The molecule has 0 saturated carbocycles. The first-order chi connectivity index (χ1) is 15.3. The molecule has 154 valence electrons. The number of hydrogen-bond donors (Lipinski definition) is 0. The number of halogens is 1. The van der Waals surface area contributed by atoms with Gasteiger partial charge in [0.25, 0.3) is 0 Å². The zero-order valence-corrected chi connectivity index (χ0v) is 17.1. The van der Waals surface area contributed by atoms with Crippen LogP contribution < -0.4 is 4.74 Å². The van der Waals surface area contributed by atoms with Crippen LogP contribution in [0, 0.1) is 5.82 Å². The Balaban J connectivity index is 1.41. The highest BCUT2D eigenvalue weighted by Gasteiger charge is 2.17. The minimum absolute atomic E-state index is 0.0757. The van der Waals surface area contributed by atoms with Gasteiger partial charge in [-0.15, -0.1) is 10.2 Å². The molecule has 0 saturated heterocycles. The highest BCUT2D eigenvalue weighted by molar-refractivity contribution is 7.98. The highest BCUT2D eigenvalue weighted by atomic mass is 32.2. The number of rotatable bonds is 7. The quantitative estimate of drug-likeness (QED) is 0.320. The van der Waals surface area contributed by atoms with Crippen molar-refractivity contribution in [2.45, 2.75) is 17.5 Å². The first kappa shape index (κ1) is 19.3. The number of aromatic nitrogens is 4. The third-order valence-corrected chi connectivity index (χ3v) is 5.48. The summed E-state index contributed by atoms with van der Waals surface area (Å²) in [4.78, 5) is 4.51. The lowest BCUT2D eigenvalue weighted by Crippen LogP contribution is -2.07. The number of fused-ring (bicyclic) bond motifs is 1. The summed E-state index contributed by atoms with van der Waals surface area (Å²) in [6, 6.07) is 23.7. The van der Waals surface area contributed by atoms with Gasteiger partial charge in [0, 0.05) is 5.69 Å². The van der Waals surface area contributed by atoms with E-state index in [1.165, 1.54) is 17.8 Å². The third-order valence-electron chi connectivity index (χ3n) is 4.57. The predicted octanol–water partition coefficient (Wildman–Crippen LogP) is 5.42. The topological polar surface area (TPSA) is 66.0 Å². The van der Waals surface area contributed by atoms with Gasteiger partial charge >= 0.3 is 0 Å². The molecule has 8 heteroatoms. The molecule has 0 atom stereocenters. The molecule has 0 spiro atoms. The van der Waals surface area contributed by atoms with Crippen LogP contribution in [-0.4, -0.2) is 19.7 Å². The zero-order valence-electron chi connectivity index (χ0n) is 16.3. The van der Waals surface area contributed by atoms with Gasteiger partial charge in [0.1, 0.15) is 12.1 Å². The number of oxazole rings is 1. The van der Waals surface area contributed by atoms with Crippen LogP contribution in [0.3, 0.4) is 0 Å². The SMILES string of the molecule is Fc1ccccc1OCc1nnc(SCc2nc3ccccc3o2)n1-c1ccccc1. The van der Waals surface area contributed by atoms with Crippen molar-refractivity contribution in [1.29, 1.82) is 0 Å². The van der Waals surface area contributed by atoms with E-state index in [-0.39, 0.29) is 12.4 Å². The van der Waals surface area contributed by atoms with Crippen molar-refractivity contribution < 1.29 is 13.5 Å². The van der Waals surface area contributed by atoms with Crippen LogP contribution in [0.15, 0.2) is 88.4 Å². The van der Waals surface area contributed by atoms with Crippen LogP contribution in [0.5, 0.6) is 5.75 Å². The summed E-state index contributed by atoms with van der Waals surface area (Å²) in [5.41, 5.74) is 2.46. The van der Waals surface area contributed by atoms with Crippen LogP contribution >= 0.6 is 11.8 Å². The van der Waals surface area contributed by atoms with Gasteiger partial charge in [-0.1, -0.05) is 54.2 Å². The molecular formula is C23H17FN4O2S. The van der Waals surface area contributed by atoms with Gasteiger partial charge in [-0.3, -0.25) is 4.57 Å². The number of thioether (sulfide) groups is 1. The summed E-state index contributed by atoms with van der Waals surface area (Å²) in [7, 11) is 0.